The molecule has 0 amide bonds. The number of rotatable bonds is 2. The number of halogens is 1. The normalized spacial score (nSPS) is 19.5. The number of ether oxygens (including phenoxy) is 1. The Bertz CT molecular complexity index is 290. The largest absolute Gasteiger partial charge is 0.385 e. The molecule has 1 aromatic rings. The molecule has 1 aliphatic heterocycles. The molecule has 1 N–H and O–H groups in total. The fraction of sp³-hybridized carbons (Fsp3) is 0.400. The predicted octanol–water partition coefficient (Wildman–Crippen LogP) is 1.13. The van der Waals surface area contributed by atoms with Gasteiger partial charge in [0.15, 0.2) is 0 Å². The van der Waals surface area contributed by atoms with Crippen molar-refractivity contribution in [3.05, 3.63) is 35.6 Å². The fourth-order valence-corrected chi connectivity index (χ4v) is 1.42. The molecule has 0 saturated carbocycles. The lowest BCUT2D eigenvalue weighted by Gasteiger charge is -2.36. The Balaban J connectivity index is 2.05. The Morgan fingerprint density at radius 1 is 1.31 bits per heavy atom. The molecule has 1 aliphatic rings. The van der Waals surface area contributed by atoms with Gasteiger partial charge in [-0.3, -0.25) is 0 Å². The van der Waals surface area contributed by atoms with E-state index in [1.807, 2.05) is 0 Å². The molecule has 2 nitrogen and oxygen atoms in total. The summed E-state index contributed by atoms with van der Waals surface area (Å²) in [6.45, 7) is 0.759. The van der Waals surface area contributed by atoms with Gasteiger partial charge in [-0.1, -0.05) is 12.1 Å². The first-order chi connectivity index (χ1) is 6.18. The van der Waals surface area contributed by atoms with Crippen molar-refractivity contribution in [2.45, 2.75) is 12.0 Å². The monoisotopic (exact) mass is 182 g/mol. The third-order valence-corrected chi connectivity index (χ3v) is 2.19. The maximum atomic E-state index is 12.5. The second-order valence-electron chi connectivity index (χ2n) is 3.52. The molecule has 13 heavy (non-hydrogen) atoms. The van der Waals surface area contributed by atoms with Gasteiger partial charge in [-0.05, 0) is 17.7 Å². The molecule has 1 heterocycles. The standard InChI is InChI=1S/C10H11FO2/c11-9-3-1-8(2-4-9)5-10(12)6-13-7-10/h1-4,12H,5-7H2. The van der Waals surface area contributed by atoms with Crippen molar-refractivity contribution in [1.29, 1.82) is 0 Å². The first-order valence-electron chi connectivity index (χ1n) is 4.23. The predicted molar refractivity (Wildman–Crippen MR) is 45.9 cm³/mol. The van der Waals surface area contributed by atoms with Crippen LogP contribution in [-0.4, -0.2) is 23.9 Å². The molecular weight excluding hydrogens is 171 g/mol. The van der Waals surface area contributed by atoms with Gasteiger partial charge in [0.2, 0.25) is 0 Å². The molecule has 1 aromatic carbocycles. The van der Waals surface area contributed by atoms with Crippen LogP contribution < -0.4 is 0 Å². The summed E-state index contributed by atoms with van der Waals surface area (Å²) in [5.41, 5.74) is 0.213. The second kappa shape index (κ2) is 3.09. The fourth-order valence-electron chi connectivity index (χ4n) is 1.42. The highest BCUT2D eigenvalue weighted by Crippen LogP contribution is 2.21. The van der Waals surface area contributed by atoms with E-state index in [2.05, 4.69) is 0 Å². The minimum Gasteiger partial charge on any atom is -0.385 e. The van der Waals surface area contributed by atoms with Crippen LogP contribution >= 0.6 is 0 Å². The summed E-state index contributed by atoms with van der Waals surface area (Å²) in [6, 6.07) is 6.17. The van der Waals surface area contributed by atoms with Crippen LogP contribution in [0.5, 0.6) is 0 Å². The Labute approximate surface area is 76.0 Å². The Morgan fingerprint density at radius 2 is 1.92 bits per heavy atom. The van der Waals surface area contributed by atoms with Crippen LogP contribution in [-0.2, 0) is 11.2 Å². The third kappa shape index (κ3) is 1.87. The van der Waals surface area contributed by atoms with Crippen LogP contribution in [0, 0.1) is 5.82 Å². The van der Waals surface area contributed by atoms with E-state index >= 15 is 0 Å². The van der Waals surface area contributed by atoms with Gasteiger partial charge in [0.05, 0.1) is 13.2 Å². The highest BCUT2D eigenvalue weighted by Gasteiger charge is 2.35. The highest BCUT2D eigenvalue weighted by atomic mass is 19.1. The summed E-state index contributed by atoms with van der Waals surface area (Å²) in [7, 11) is 0. The molecular formula is C10H11FO2. The van der Waals surface area contributed by atoms with Crippen LogP contribution in [0.25, 0.3) is 0 Å². The molecule has 3 heteroatoms. The quantitative estimate of drug-likeness (QED) is 0.743. The number of hydrogen-bond donors (Lipinski definition) is 1. The summed E-state index contributed by atoms with van der Waals surface area (Å²) in [5.74, 6) is -0.249. The lowest BCUT2D eigenvalue weighted by Crippen LogP contribution is -2.51. The van der Waals surface area contributed by atoms with Crippen molar-refractivity contribution >= 4 is 0 Å². The maximum Gasteiger partial charge on any atom is 0.123 e. The van der Waals surface area contributed by atoms with Gasteiger partial charge < -0.3 is 9.84 Å². The van der Waals surface area contributed by atoms with Crippen LogP contribution in [0.2, 0.25) is 0 Å². The van der Waals surface area contributed by atoms with Gasteiger partial charge in [0, 0.05) is 6.42 Å². The van der Waals surface area contributed by atoms with Crippen molar-refractivity contribution in [2.75, 3.05) is 13.2 Å². The van der Waals surface area contributed by atoms with Gasteiger partial charge in [-0.15, -0.1) is 0 Å². The van der Waals surface area contributed by atoms with E-state index in [0.29, 0.717) is 19.6 Å². The van der Waals surface area contributed by atoms with Crippen molar-refractivity contribution in [3.8, 4) is 0 Å². The Hall–Kier alpha value is -0.930. The summed E-state index contributed by atoms with van der Waals surface area (Å²) in [5, 5.41) is 9.71. The molecule has 0 aliphatic carbocycles. The molecule has 0 aromatic heterocycles. The zero-order valence-corrected chi connectivity index (χ0v) is 7.16. The van der Waals surface area contributed by atoms with Crippen LogP contribution in [0.4, 0.5) is 4.39 Å². The summed E-state index contributed by atoms with van der Waals surface area (Å²) in [6.07, 6.45) is 0.535. The molecule has 1 saturated heterocycles. The minimum atomic E-state index is -0.724. The van der Waals surface area contributed by atoms with Gasteiger partial charge in [0.1, 0.15) is 11.4 Å². The van der Waals surface area contributed by atoms with Crippen molar-refractivity contribution in [2.24, 2.45) is 0 Å². The molecule has 70 valence electrons. The van der Waals surface area contributed by atoms with Gasteiger partial charge >= 0.3 is 0 Å². The van der Waals surface area contributed by atoms with E-state index in [1.54, 1.807) is 12.1 Å². The second-order valence-corrected chi connectivity index (χ2v) is 3.52. The van der Waals surface area contributed by atoms with E-state index in [9.17, 15) is 9.50 Å². The zero-order valence-electron chi connectivity index (χ0n) is 7.16. The number of hydrogen-bond acceptors (Lipinski definition) is 2. The van der Waals surface area contributed by atoms with Gasteiger partial charge in [-0.2, -0.15) is 0 Å². The van der Waals surface area contributed by atoms with Crippen molar-refractivity contribution in [3.63, 3.8) is 0 Å². The third-order valence-electron chi connectivity index (χ3n) is 2.19. The molecule has 1 fully saturated rings. The molecule has 0 spiro atoms. The smallest absolute Gasteiger partial charge is 0.123 e. The Kier molecular flexibility index (Phi) is 2.06. The topological polar surface area (TPSA) is 29.5 Å². The van der Waals surface area contributed by atoms with Gasteiger partial charge in [-0.25, -0.2) is 4.39 Å². The first-order valence-corrected chi connectivity index (χ1v) is 4.23. The van der Waals surface area contributed by atoms with Gasteiger partial charge in [0.25, 0.3) is 0 Å². The molecule has 0 atom stereocenters. The highest BCUT2D eigenvalue weighted by molar-refractivity contribution is 5.18. The molecule has 0 radical (unpaired) electrons. The minimum absolute atomic E-state index is 0.249. The number of benzene rings is 1. The molecule has 2 rings (SSSR count). The van der Waals surface area contributed by atoms with E-state index in [0.717, 1.165) is 5.56 Å². The zero-order chi connectivity index (χ0) is 9.31. The number of aliphatic hydroxyl groups is 1. The van der Waals surface area contributed by atoms with Crippen molar-refractivity contribution < 1.29 is 14.2 Å². The van der Waals surface area contributed by atoms with Crippen LogP contribution in [0.1, 0.15) is 5.56 Å². The lowest BCUT2D eigenvalue weighted by molar-refractivity contribution is -0.176. The lowest BCUT2D eigenvalue weighted by atomic mass is 9.93. The Morgan fingerprint density at radius 3 is 2.38 bits per heavy atom. The van der Waals surface area contributed by atoms with Crippen molar-refractivity contribution in [1.82, 2.24) is 0 Å². The summed E-state index contributed by atoms with van der Waals surface area (Å²) >= 11 is 0. The van der Waals surface area contributed by atoms with Crippen LogP contribution in [0.3, 0.4) is 0 Å². The summed E-state index contributed by atoms with van der Waals surface area (Å²) in [4.78, 5) is 0. The molecule has 0 unspecified atom stereocenters. The van der Waals surface area contributed by atoms with E-state index < -0.39 is 5.60 Å². The van der Waals surface area contributed by atoms with Crippen LogP contribution in [0.15, 0.2) is 24.3 Å². The average molecular weight is 182 g/mol. The average Bonchev–Trinajstić information content (AvgIpc) is 2.06. The SMILES string of the molecule is OC1(Cc2ccc(F)cc2)COC1. The van der Waals surface area contributed by atoms with E-state index in [1.165, 1.54) is 12.1 Å². The first kappa shape index (κ1) is 8.66. The van der Waals surface area contributed by atoms with E-state index in [-0.39, 0.29) is 5.82 Å². The van der Waals surface area contributed by atoms with E-state index in [4.69, 9.17) is 4.74 Å². The summed E-state index contributed by atoms with van der Waals surface area (Å²) < 4.78 is 17.4. The molecule has 0 bridgehead atoms. The maximum absolute atomic E-state index is 12.5.